The van der Waals surface area contributed by atoms with E-state index in [-0.39, 0.29) is 11.0 Å². The zero-order valence-electron chi connectivity index (χ0n) is 18.9. The van der Waals surface area contributed by atoms with Gasteiger partial charge in [0.2, 0.25) is 0 Å². The predicted molar refractivity (Wildman–Crippen MR) is 129 cm³/mol. The first-order chi connectivity index (χ1) is 14.3. The third kappa shape index (κ3) is 4.90. The molecule has 0 N–H and O–H groups in total. The van der Waals surface area contributed by atoms with E-state index >= 15 is 0 Å². The zero-order chi connectivity index (χ0) is 21.8. The normalized spacial score (nSPS) is 19.9. The number of nitrogens with zero attached hydrogens (tertiary/aromatic N) is 3. The summed E-state index contributed by atoms with van der Waals surface area (Å²) < 4.78 is 5.98. The molecule has 3 rings (SSSR count). The number of likely N-dealkylation sites (tertiary alicyclic amines) is 1. The first-order valence-electron chi connectivity index (χ1n) is 10.8. The lowest BCUT2D eigenvalue weighted by Crippen LogP contribution is -2.42. The number of aliphatic imine (C=N–C) groups is 1. The van der Waals surface area contributed by atoms with E-state index in [1.54, 1.807) is 11.3 Å². The molecule has 0 spiro atoms. The van der Waals surface area contributed by atoms with Crippen molar-refractivity contribution in [2.45, 2.75) is 52.5 Å². The van der Waals surface area contributed by atoms with Gasteiger partial charge in [-0.15, -0.1) is 11.3 Å². The number of thiophene rings is 1. The van der Waals surface area contributed by atoms with Gasteiger partial charge in [0.05, 0.1) is 17.2 Å². The standard InChI is InChI=1S/C25H35N3OS/c1-7-23-22(26-6)15-21(30-23)11-12-25(18-29-8-2)13-14-28(17-25)24(4,5)20-10-9-19(3)27-16-20/h7,9-10,15-16H,1,6,8,11-14,17-18H2,2-5H3. The van der Waals surface area contributed by atoms with Gasteiger partial charge >= 0.3 is 0 Å². The van der Waals surface area contributed by atoms with Crippen LogP contribution in [0.4, 0.5) is 5.69 Å². The lowest BCUT2D eigenvalue weighted by atomic mass is 9.82. The molecule has 2 aromatic rings. The molecule has 0 saturated carbocycles. The molecule has 0 aliphatic carbocycles. The van der Waals surface area contributed by atoms with Crippen LogP contribution in [0.2, 0.25) is 0 Å². The van der Waals surface area contributed by atoms with Crippen LogP contribution in [0.25, 0.3) is 6.08 Å². The third-order valence-corrected chi connectivity index (χ3v) is 7.69. The zero-order valence-corrected chi connectivity index (χ0v) is 19.7. The molecule has 1 aliphatic rings. The summed E-state index contributed by atoms with van der Waals surface area (Å²) in [7, 11) is 0. The van der Waals surface area contributed by atoms with Gasteiger partial charge in [-0.1, -0.05) is 12.6 Å². The highest BCUT2D eigenvalue weighted by molar-refractivity contribution is 7.13. The van der Waals surface area contributed by atoms with Crippen LogP contribution in [0, 0.1) is 12.3 Å². The molecule has 1 saturated heterocycles. The Labute approximate surface area is 185 Å². The molecule has 0 bridgehead atoms. The molecule has 0 amide bonds. The molecular formula is C25H35N3OS. The minimum atomic E-state index is -0.0481. The predicted octanol–water partition coefficient (Wildman–Crippen LogP) is 6.02. The average Bonchev–Trinajstić information content (AvgIpc) is 3.36. The second kappa shape index (κ2) is 9.54. The minimum Gasteiger partial charge on any atom is -0.381 e. The van der Waals surface area contributed by atoms with Gasteiger partial charge in [-0.05, 0) is 84.0 Å². The lowest BCUT2D eigenvalue weighted by molar-refractivity contribution is 0.0386. The summed E-state index contributed by atoms with van der Waals surface area (Å²) in [6.45, 7) is 20.0. The maximum Gasteiger partial charge on any atom is 0.0805 e. The minimum absolute atomic E-state index is 0.0481. The first kappa shape index (κ1) is 22.9. The van der Waals surface area contributed by atoms with E-state index in [9.17, 15) is 0 Å². The Bertz CT molecular complexity index is 846. The largest absolute Gasteiger partial charge is 0.381 e. The quantitative estimate of drug-likeness (QED) is 0.437. The number of aromatic nitrogens is 1. The molecule has 2 aromatic heterocycles. The third-order valence-electron chi connectivity index (χ3n) is 6.51. The molecule has 4 nitrogen and oxygen atoms in total. The van der Waals surface area contributed by atoms with Crippen molar-refractivity contribution < 1.29 is 4.74 Å². The fraction of sp³-hybridized carbons (Fsp3) is 0.520. The van der Waals surface area contributed by atoms with Crippen LogP contribution >= 0.6 is 11.3 Å². The van der Waals surface area contributed by atoms with Crippen molar-refractivity contribution in [3.8, 4) is 0 Å². The molecule has 1 unspecified atom stereocenters. The summed E-state index contributed by atoms with van der Waals surface area (Å²) in [5.41, 5.74) is 3.41. The highest BCUT2D eigenvalue weighted by Crippen LogP contribution is 2.42. The van der Waals surface area contributed by atoms with E-state index in [0.717, 1.165) is 61.8 Å². The average molecular weight is 426 g/mol. The topological polar surface area (TPSA) is 37.7 Å². The number of hydrogen-bond acceptors (Lipinski definition) is 5. The Morgan fingerprint density at radius 1 is 1.40 bits per heavy atom. The summed E-state index contributed by atoms with van der Waals surface area (Å²) in [5, 5.41) is 0. The highest BCUT2D eigenvalue weighted by atomic mass is 32.1. The molecule has 5 heteroatoms. The second-order valence-electron chi connectivity index (χ2n) is 8.88. The number of ether oxygens (including phenoxy) is 1. The monoisotopic (exact) mass is 425 g/mol. The van der Waals surface area contributed by atoms with Gasteiger partial charge in [-0.25, -0.2) is 0 Å². The fourth-order valence-electron chi connectivity index (χ4n) is 4.37. The van der Waals surface area contributed by atoms with Crippen LogP contribution in [-0.2, 0) is 16.7 Å². The van der Waals surface area contributed by atoms with Crippen molar-refractivity contribution in [2.24, 2.45) is 10.4 Å². The Balaban J connectivity index is 1.75. The first-order valence-corrected chi connectivity index (χ1v) is 11.6. The second-order valence-corrected chi connectivity index (χ2v) is 10.0. The summed E-state index contributed by atoms with van der Waals surface area (Å²) in [6.07, 6.45) is 7.21. The van der Waals surface area contributed by atoms with Crippen LogP contribution in [-0.4, -0.2) is 42.9 Å². The number of hydrogen-bond donors (Lipinski definition) is 0. The molecular weight excluding hydrogens is 390 g/mol. The highest BCUT2D eigenvalue weighted by Gasteiger charge is 2.43. The van der Waals surface area contributed by atoms with Gasteiger partial charge in [0.1, 0.15) is 0 Å². The SMILES string of the molecule is C=Cc1sc(CCC2(COCC)CCN(C(C)(C)c3ccc(C)nc3)C2)cc1N=C. The van der Waals surface area contributed by atoms with Crippen molar-refractivity contribution in [3.63, 3.8) is 0 Å². The van der Waals surface area contributed by atoms with E-state index in [1.807, 2.05) is 19.2 Å². The lowest BCUT2D eigenvalue weighted by Gasteiger charge is -2.38. The molecule has 1 atom stereocenters. The van der Waals surface area contributed by atoms with E-state index < -0.39 is 0 Å². The van der Waals surface area contributed by atoms with E-state index in [4.69, 9.17) is 4.74 Å². The molecule has 3 heterocycles. The van der Waals surface area contributed by atoms with E-state index in [0.29, 0.717) is 0 Å². The van der Waals surface area contributed by atoms with E-state index in [1.165, 1.54) is 10.4 Å². The molecule has 0 radical (unpaired) electrons. The van der Waals surface area contributed by atoms with Gasteiger partial charge in [0.15, 0.2) is 0 Å². The van der Waals surface area contributed by atoms with Crippen LogP contribution in [0.3, 0.4) is 0 Å². The van der Waals surface area contributed by atoms with Crippen molar-refractivity contribution >= 4 is 29.8 Å². The fourth-order valence-corrected chi connectivity index (χ4v) is 5.33. The molecule has 1 aliphatic heterocycles. The Morgan fingerprint density at radius 2 is 2.20 bits per heavy atom. The van der Waals surface area contributed by atoms with Crippen LogP contribution in [0.15, 0.2) is 36.0 Å². The maximum atomic E-state index is 5.98. The maximum absolute atomic E-state index is 5.98. The summed E-state index contributed by atoms with van der Waals surface area (Å²) in [5.74, 6) is 0. The van der Waals surface area contributed by atoms with Crippen LogP contribution in [0.1, 0.15) is 54.6 Å². The van der Waals surface area contributed by atoms with Gasteiger partial charge in [-0.3, -0.25) is 14.9 Å². The Morgan fingerprint density at radius 3 is 2.80 bits per heavy atom. The molecule has 30 heavy (non-hydrogen) atoms. The summed E-state index contributed by atoms with van der Waals surface area (Å²) >= 11 is 1.78. The molecule has 1 fully saturated rings. The van der Waals surface area contributed by atoms with Gasteiger partial charge in [-0.2, -0.15) is 0 Å². The smallest absolute Gasteiger partial charge is 0.0805 e. The van der Waals surface area contributed by atoms with Crippen LogP contribution in [0.5, 0.6) is 0 Å². The van der Waals surface area contributed by atoms with Gasteiger partial charge < -0.3 is 4.74 Å². The molecule has 0 aromatic carbocycles. The van der Waals surface area contributed by atoms with Crippen molar-refractivity contribution in [2.75, 3.05) is 26.3 Å². The molecule has 162 valence electrons. The number of aryl methyl sites for hydroxylation is 2. The van der Waals surface area contributed by atoms with Gasteiger partial charge in [0, 0.05) is 40.9 Å². The van der Waals surface area contributed by atoms with Gasteiger partial charge in [0.25, 0.3) is 0 Å². The van der Waals surface area contributed by atoms with Crippen molar-refractivity contribution in [1.29, 1.82) is 0 Å². The van der Waals surface area contributed by atoms with Crippen LogP contribution < -0.4 is 0 Å². The Hall–Kier alpha value is -1.82. The number of pyridine rings is 1. The Kier molecular flexibility index (Phi) is 7.27. The van der Waals surface area contributed by atoms with Crippen molar-refractivity contribution in [1.82, 2.24) is 9.88 Å². The van der Waals surface area contributed by atoms with Crippen molar-refractivity contribution in [3.05, 3.63) is 52.0 Å². The van der Waals surface area contributed by atoms with E-state index in [2.05, 4.69) is 67.1 Å². The number of rotatable bonds is 10. The summed E-state index contributed by atoms with van der Waals surface area (Å²) in [6, 6.07) is 6.49. The summed E-state index contributed by atoms with van der Waals surface area (Å²) in [4.78, 5) is 13.7.